The molecule has 0 radical (unpaired) electrons. The van der Waals surface area contributed by atoms with Crippen molar-refractivity contribution >= 4 is 27.5 Å². The largest absolute Gasteiger partial charge is 0.495 e. The normalized spacial score (nSPS) is 14.1. The minimum Gasteiger partial charge on any atom is -0.495 e. The van der Waals surface area contributed by atoms with Gasteiger partial charge in [-0.15, -0.1) is 0 Å². The molecule has 9 heteroatoms. The van der Waals surface area contributed by atoms with Crippen LogP contribution in [0.1, 0.15) is 48.9 Å². The Morgan fingerprint density at radius 2 is 1.77 bits per heavy atom. The number of methoxy groups -OCH3 is 1. The Labute approximate surface area is 182 Å². The van der Waals surface area contributed by atoms with Gasteiger partial charge in [-0.05, 0) is 42.7 Å². The van der Waals surface area contributed by atoms with Crippen molar-refractivity contribution in [1.29, 1.82) is 0 Å². The average Bonchev–Trinajstić information content (AvgIpc) is 3.30. The number of para-hydroxylation sites is 2. The van der Waals surface area contributed by atoms with E-state index in [-0.39, 0.29) is 22.1 Å². The Morgan fingerprint density at radius 1 is 1.03 bits per heavy atom. The molecule has 8 nitrogen and oxygen atoms in total. The first-order valence-corrected chi connectivity index (χ1v) is 11.7. The maximum atomic E-state index is 12.8. The van der Waals surface area contributed by atoms with Crippen LogP contribution >= 0.6 is 0 Å². The van der Waals surface area contributed by atoms with Crippen molar-refractivity contribution in [2.75, 3.05) is 11.8 Å². The molecule has 0 bridgehead atoms. The van der Waals surface area contributed by atoms with Gasteiger partial charge in [0.25, 0.3) is 15.9 Å². The molecule has 3 rings (SSSR count). The zero-order valence-corrected chi connectivity index (χ0v) is 18.2. The van der Waals surface area contributed by atoms with E-state index in [4.69, 9.17) is 4.74 Å². The first-order chi connectivity index (χ1) is 14.9. The maximum absolute atomic E-state index is 12.8. The summed E-state index contributed by atoms with van der Waals surface area (Å²) in [4.78, 5) is 24.3. The van der Waals surface area contributed by atoms with Crippen molar-refractivity contribution in [1.82, 2.24) is 10.9 Å². The number of ether oxygens (including phenoxy) is 1. The molecule has 2 aromatic carbocycles. The Hall–Kier alpha value is -3.07. The van der Waals surface area contributed by atoms with E-state index in [1.807, 2.05) is 0 Å². The second kappa shape index (κ2) is 10.3. The number of benzene rings is 2. The molecule has 3 N–H and O–H groups in total. The van der Waals surface area contributed by atoms with Crippen LogP contribution < -0.4 is 20.3 Å². The molecule has 0 heterocycles. The van der Waals surface area contributed by atoms with Crippen molar-refractivity contribution in [3.63, 3.8) is 0 Å². The van der Waals surface area contributed by atoms with E-state index >= 15 is 0 Å². The summed E-state index contributed by atoms with van der Waals surface area (Å²) in [6.07, 6.45) is 5.90. The number of nitrogens with one attached hydrogen (secondary N) is 3. The second-order valence-electron chi connectivity index (χ2n) is 7.53. The monoisotopic (exact) mass is 445 g/mol. The molecule has 1 fully saturated rings. The number of hydrogen-bond acceptors (Lipinski definition) is 5. The van der Waals surface area contributed by atoms with Crippen molar-refractivity contribution in [2.24, 2.45) is 5.92 Å². The number of rotatable bonds is 8. The number of hydrogen-bond donors (Lipinski definition) is 3. The summed E-state index contributed by atoms with van der Waals surface area (Å²) in [5.74, 6) is 0.102. The molecule has 0 saturated heterocycles. The maximum Gasteiger partial charge on any atom is 0.269 e. The Bertz CT molecular complexity index is 1030. The van der Waals surface area contributed by atoms with Crippen LogP contribution in [0.2, 0.25) is 0 Å². The SMILES string of the molecule is COc1ccccc1NS(=O)(=O)c1cccc(C(=O)NNC(=O)CCC2CCCC2)c1. The number of carbonyl (C=O) groups is 2. The lowest BCUT2D eigenvalue weighted by Crippen LogP contribution is -2.41. The third kappa shape index (κ3) is 6.21. The predicted molar refractivity (Wildman–Crippen MR) is 117 cm³/mol. The van der Waals surface area contributed by atoms with E-state index in [1.165, 1.54) is 44.2 Å². The summed E-state index contributed by atoms with van der Waals surface area (Å²) in [7, 11) is -2.50. The summed E-state index contributed by atoms with van der Waals surface area (Å²) >= 11 is 0. The van der Waals surface area contributed by atoms with Crippen LogP contribution in [0.4, 0.5) is 5.69 Å². The Morgan fingerprint density at radius 3 is 2.52 bits per heavy atom. The molecule has 1 aliphatic carbocycles. The second-order valence-corrected chi connectivity index (χ2v) is 9.21. The molecule has 2 amide bonds. The number of anilines is 1. The van der Waals surface area contributed by atoms with Gasteiger partial charge >= 0.3 is 0 Å². The first kappa shape index (κ1) is 22.6. The molecular weight excluding hydrogens is 418 g/mol. The van der Waals surface area contributed by atoms with E-state index in [0.717, 1.165) is 19.3 Å². The van der Waals surface area contributed by atoms with Crippen molar-refractivity contribution in [3.05, 3.63) is 54.1 Å². The summed E-state index contributed by atoms with van der Waals surface area (Å²) < 4.78 is 33.1. The van der Waals surface area contributed by atoms with E-state index in [9.17, 15) is 18.0 Å². The third-order valence-corrected chi connectivity index (χ3v) is 6.69. The Kier molecular flexibility index (Phi) is 7.51. The lowest BCUT2D eigenvalue weighted by Gasteiger charge is -2.13. The van der Waals surface area contributed by atoms with Crippen LogP contribution in [0.5, 0.6) is 5.75 Å². The fourth-order valence-electron chi connectivity index (χ4n) is 3.63. The average molecular weight is 446 g/mol. The molecular formula is C22H27N3O5S. The van der Waals surface area contributed by atoms with Crippen LogP contribution in [0.3, 0.4) is 0 Å². The molecule has 166 valence electrons. The van der Waals surface area contributed by atoms with E-state index < -0.39 is 15.9 Å². The van der Waals surface area contributed by atoms with Gasteiger partial charge in [-0.1, -0.05) is 43.9 Å². The van der Waals surface area contributed by atoms with E-state index in [1.54, 1.807) is 24.3 Å². The number of hydrazine groups is 1. The van der Waals surface area contributed by atoms with Crippen molar-refractivity contribution < 1.29 is 22.7 Å². The molecule has 0 unspecified atom stereocenters. The standard InChI is InChI=1S/C22H27N3O5S/c1-30-20-12-5-4-11-19(20)25-31(28,29)18-10-6-9-17(15-18)22(27)24-23-21(26)14-13-16-7-2-3-8-16/h4-6,9-12,15-16,25H,2-3,7-8,13-14H2,1H3,(H,23,26)(H,24,27). The highest BCUT2D eigenvalue weighted by Crippen LogP contribution is 2.28. The smallest absolute Gasteiger partial charge is 0.269 e. The van der Waals surface area contributed by atoms with Gasteiger partial charge < -0.3 is 4.74 Å². The molecule has 1 aliphatic rings. The minimum atomic E-state index is -3.95. The lowest BCUT2D eigenvalue weighted by atomic mass is 10.0. The van der Waals surface area contributed by atoms with Gasteiger partial charge in [0.05, 0.1) is 17.7 Å². The predicted octanol–water partition coefficient (Wildman–Crippen LogP) is 3.23. The first-order valence-electron chi connectivity index (χ1n) is 10.2. The summed E-state index contributed by atoms with van der Waals surface area (Å²) in [6.45, 7) is 0. The van der Waals surface area contributed by atoms with Crippen LogP contribution in [-0.2, 0) is 14.8 Å². The zero-order valence-electron chi connectivity index (χ0n) is 17.4. The van der Waals surface area contributed by atoms with Crippen molar-refractivity contribution in [2.45, 2.75) is 43.4 Å². The lowest BCUT2D eigenvalue weighted by molar-refractivity contribution is -0.122. The number of sulfonamides is 1. The molecule has 0 aliphatic heterocycles. The van der Waals surface area contributed by atoms with Gasteiger partial charge in [-0.2, -0.15) is 0 Å². The number of carbonyl (C=O) groups excluding carboxylic acids is 2. The highest BCUT2D eigenvalue weighted by atomic mass is 32.2. The molecule has 0 aromatic heterocycles. The summed E-state index contributed by atoms with van der Waals surface area (Å²) in [5.41, 5.74) is 5.14. The van der Waals surface area contributed by atoms with Crippen molar-refractivity contribution in [3.8, 4) is 5.75 Å². The van der Waals surface area contributed by atoms with Gasteiger partial charge in [0.15, 0.2) is 0 Å². The van der Waals surface area contributed by atoms with E-state index in [0.29, 0.717) is 18.1 Å². The fraction of sp³-hybridized carbons (Fsp3) is 0.364. The summed E-state index contributed by atoms with van der Waals surface area (Å²) in [6, 6.07) is 12.2. The van der Waals surface area contributed by atoms with E-state index in [2.05, 4.69) is 15.6 Å². The molecule has 2 aromatic rings. The molecule has 1 saturated carbocycles. The highest BCUT2D eigenvalue weighted by molar-refractivity contribution is 7.92. The quantitative estimate of drug-likeness (QED) is 0.540. The van der Waals surface area contributed by atoms with Gasteiger partial charge in [0, 0.05) is 12.0 Å². The van der Waals surface area contributed by atoms with Crippen LogP contribution in [0, 0.1) is 5.92 Å². The van der Waals surface area contributed by atoms with Gasteiger partial charge in [0.2, 0.25) is 5.91 Å². The molecule has 0 atom stereocenters. The van der Waals surface area contributed by atoms with Crippen LogP contribution in [-0.4, -0.2) is 27.3 Å². The fourth-order valence-corrected chi connectivity index (χ4v) is 4.75. The van der Waals surface area contributed by atoms with Gasteiger partial charge in [-0.3, -0.25) is 25.2 Å². The third-order valence-electron chi connectivity index (χ3n) is 5.33. The topological polar surface area (TPSA) is 114 Å². The minimum absolute atomic E-state index is 0.0846. The van der Waals surface area contributed by atoms with Gasteiger partial charge in [0.1, 0.15) is 5.75 Å². The summed E-state index contributed by atoms with van der Waals surface area (Å²) in [5, 5.41) is 0. The van der Waals surface area contributed by atoms with Crippen LogP contribution in [0.15, 0.2) is 53.4 Å². The molecule has 31 heavy (non-hydrogen) atoms. The van der Waals surface area contributed by atoms with Crippen LogP contribution in [0.25, 0.3) is 0 Å². The Balaban J connectivity index is 1.60. The van der Waals surface area contributed by atoms with Gasteiger partial charge in [-0.25, -0.2) is 8.42 Å². The highest BCUT2D eigenvalue weighted by Gasteiger charge is 2.19. The number of amides is 2. The molecule has 0 spiro atoms. The zero-order chi connectivity index (χ0) is 22.3.